The molecule has 1 aromatic carbocycles. The Morgan fingerprint density at radius 1 is 1.09 bits per heavy atom. The molecule has 0 unspecified atom stereocenters. The first-order chi connectivity index (χ1) is 21.0. The SMILES string of the molecule is C[C@](Cc1ccccc1)(C(=O)N[C@@H](CCCN=C(N)N)C(=O)O)N(C(=O)CC12CC3CC(CC(C3)C1)C2)C(=O)[C@@H]1CCCN1.O. The van der Waals surface area contributed by atoms with Gasteiger partial charge in [-0.2, -0.15) is 0 Å². The van der Waals surface area contributed by atoms with E-state index in [2.05, 4.69) is 15.6 Å². The van der Waals surface area contributed by atoms with Crippen LogP contribution in [0.5, 0.6) is 0 Å². The number of nitrogens with zero attached hydrogens (tertiary/aromatic N) is 2. The highest BCUT2D eigenvalue weighted by atomic mass is 16.4. The number of aliphatic carboxylic acids is 1. The number of nitrogens with one attached hydrogen (secondary N) is 2. The van der Waals surface area contributed by atoms with Crippen LogP contribution in [0.4, 0.5) is 0 Å². The van der Waals surface area contributed by atoms with Gasteiger partial charge in [-0.1, -0.05) is 30.3 Å². The minimum absolute atomic E-state index is 0. The van der Waals surface area contributed by atoms with Crippen LogP contribution < -0.4 is 22.1 Å². The summed E-state index contributed by atoms with van der Waals surface area (Å²) in [7, 11) is 0. The number of imide groups is 1. The first-order valence-electron chi connectivity index (χ1n) is 16.2. The van der Waals surface area contributed by atoms with Gasteiger partial charge in [0, 0.05) is 19.4 Å². The second kappa shape index (κ2) is 14.3. The zero-order valence-corrected chi connectivity index (χ0v) is 26.3. The quantitative estimate of drug-likeness (QED) is 0.123. The van der Waals surface area contributed by atoms with E-state index >= 15 is 0 Å². The molecule has 12 heteroatoms. The third-order valence-electron chi connectivity index (χ3n) is 10.4. The molecule has 12 nitrogen and oxygen atoms in total. The molecule has 0 aromatic heterocycles. The average molecular weight is 627 g/mol. The molecule has 1 aromatic rings. The number of hydrogen-bond acceptors (Lipinski definition) is 6. The monoisotopic (exact) mass is 626 g/mol. The highest BCUT2D eigenvalue weighted by Gasteiger charge is 2.55. The Bertz CT molecular complexity index is 1230. The summed E-state index contributed by atoms with van der Waals surface area (Å²) in [6.45, 7) is 2.48. The number of carbonyl (C=O) groups excluding carboxylic acids is 3. The van der Waals surface area contributed by atoms with Crippen molar-refractivity contribution in [2.24, 2.45) is 39.6 Å². The topological polar surface area (TPSA) is 212 Å². The van der Waals surface area contributed by atoms with Gasteiger partial charge in [0.1, 0.15) is 11.6 Å². The maximum absolute atomic E-state index is 14.6. The molecule has 3 atom stereocenters. The Balaban J connectivity index is 0.00000461. The van der Waals surface area contributed by atoms with Gasteiger partial charge in [0.25, 0.3) is 0 Å². The largest absolute Gasteiger partial charge is 0.480 e. The molecule has 1 aliphatic heterocycles. The van der Waals surface area contributed by atoms with Crippen molar-refractivity contribution in [1.29, 1.82) is 0 Å². The Morgan fingerprint density at radius 2 is 1.71 bits per heavy atom. The van der Waals surface area contributed by atoms with Gasteiger partial charge in [0.2, 0.25) is 17.7 Å². The number of guanidine groups is 1. The number of aliphatic imine (C=N–C) groups is 1. The average Bonchev–Trinajstić information content (AvgIpc) is 3.49. The summed E-state index contributed by atoms with van der Waals surface area (Å²) >= 11 is 0. The third kappa shape index (κ3) is 7.84. The summed E-state index contributed by atoms with van der Waals surface area (Å²) in [6.07, 6.45) is 8.74. The van der Waals surface area contributed by atoms with Crippen LogP contribution in [0.3, 0.4) is 0 Å². The Morgan fingerprint density at radius 3 is 2.24 bits per heavy atom. The Hall–Kier alpha value is -3.51. The number of carbonyl (C=O) groups is 4. The van der Waals surface area contributed by atoms with Crippen LogP contribution in [0.15, 0.2) is 35.3 Å². The van der Waals surface area contributed by atoms with E-state index in [4.69, 9.17) is 11.5 Å². The minimum atomic E-state index is -1.66. The molecule has 45 heavy (non-hydrogen) atoms. The van der Waals surface area contributed by atoms with Crippen LogP contribution in [-0.4, -0.2) is 75.8 Å². The predicted octanol–water partition coefficient (Wildman–Crippen LogP) is 1.50. The van der Waals surface area contributed by atoms with E-state index in [-0.39, 0.29) is 48.6 Å². The maximum Gasteiger partial charge on any atom is 0.326 e. The molecule has 1 heterocycles. The maximum atomic E-state index is 14.6. The van der Waals surface area contributed by atoms with Crippen molar-refractivity contribution < 1.29 is 29.8 Å². The molecule has 5 aliphatic rings. The van der Waals surface area contributed by atoms with E-state index in [0.29, 0.717) is 37.1 Å². The molecule has 0 spiro atoms. The zero-order valence-electron chi connectivity index (χ0n) is 26.3. The molecule has 3 amide bonds. The van der Waals surface area contributed by atoms with Gasteiger partial charge in [-0.15, -0.1) is 0 Å². The molecular weight excluding hydrogens is 576 g/mol. The first-order valence-corrected chi connectivity index (χ1v) is 16.2. The summed E-state index contributed by atoms with van der Waals surface area (Å²) in [5.41, 5.74) is 9.76. The molecule has 1 saturated heterocycles. The number of carboxylic acids is 1. The molecule has 248 valence electrons. The van der Waals surface area contributed by atoms with Crippen LogP contribution in [0.1, 0.15) is 83.1 Å². The summed E-state index contributed by atoms with van der Waals surface area (Å²) in [5, 5.41) is 15.9. The van der Waals surface area contributed by atoms with Crippen molar-refractivity contribution in [2.45, 2.75) is 102 Å². The van der Waals surface area contributed by atoms with Gasteiger partial charge in [-0.05, 0) is 106 Å². The number of hydrogen-bond donors (Lipinski definition) is 5. The lowest BCUT2D eigenvalue weighted by molar-refractivity contribution is -0.163. The van der Waals surface area contributed by atoms with Crippen LogP contribution in [0, 0.1) is 23.2 Å². The predicted molar refractivity (Wildman–Crippen MR) is 170 cm³/mol. The molecule has 9 N–H and O–H groups in total. The second-order valence-electron chi connectivity index (χ2n) is 14.1. The van der Waals surface area contributed by atoms with Crippen molar-refractivity contribution in [3.8, 4) is 0 Å². The van der Waals surface area contributed by atoms with Crippen molar-refractivity contribution in [1.82, 2.24) is 15.5 Å². The van der Waals surface area contributed by atoms with Gasteiger partial charge >= 0.3 is 5.97 Å². The van der Waals surface area contributed by atoms with E-state index in [1.807, 2.05) is 30.3 Å². The van der Waals surface area contributed by atoms with Crippen molar-refractivity contribution in [3.63, 3.8) is 0 Å². The van der Waals surface area contributed by atoms with Gasteiger partial charge in [0.15, 0.2) is 5.96 Å². The van der Waals surface area contributed by atoms with E-state index in [1.54, 1.807) is 6.92 Å². The van der Waals surface area contributed by atoms with Crippen LogP contribution in [-0.2, 0) is 25.6 Å². The minimum Gasteiger partial charge on any atom is -0.480 e. The number of nitrogens with two attached hydrogens (primary N) is 2. The third-order valence-corrected chi connectivity index (χ3v) is 10.4. The van der Waals surface area contributed by atoms with Crippen LogP contribution >= 0.6 is 0 Å². The van der Waals surface area contributed by atoms with Gasteiger partial charge < -0.3 is 32.7 Å². The normalized spacial score (nSPS) is 28.3. The highest BCUT2D eigenvalue weighted by Crippen LogP contribution is 2.61. The fourth-order valence-corrected chi connectivity index (χ4v) is 8.93. The number of benzene rings is 1. The fraction of sp³-hybridized carbons (Fsp3) is 0.667. The Kier molecular flexibility index (Phi) is 10.9. The molecular formula is C33H50N6O6. The van der Waals surface area contributed by atoms with E-state index < -0.39 is 35.4 Å². The molecule has 0 radical (unpaired) electrons. The fourth-order valence-electron chi connectivity index (χ4n) is 8.93. The van der Waals surface area contributed by atoms with E-state index in [9.17, 15) is 24.3 Å². The van der Waals surface area contributed by atoms with E-state index in [1.165, 1.54) is 24.2 Å². The number of rotatable bonds is 13. The molecule has 6 rings (SSSR count). The zero-order chi connectivity index (χ0) is 31.5. The number of amides is 3. The van der Waals surface area contributed by atoms with Gasteiger partial charge in [-0.3, -0.25) is 24.3 Å². The summed E-state index contributed by atoms with van der Waals surface area (Å²) in [5.74, 6) is -0.828. The van der Waals surface area contributed by atoms with Gasteiger partial charge in [0.05, 0.1) is 6.04 Å². The molecule has 4 aliphatic carbocycles. The van der Waals surface area contributed by atoms with Crippen molar-refractivity contribution >= 4 is 29.7 Å². The van der Waals surface area contributed by atoms with Crippen LogP contribution in [0.2, 0.25) is 0 Å². The molecule has 4 bridgehead atoms. The standard InChI is InChI=1S/C33H48N6O5.H2O/c1-32(16-21-7-3-2-4-8-21,30(44)38-26(29(42)43)10-6-12-37-31(34)35)39(28(41)25-9-5-11-36-25)27(40)20-33-17-22-13-23(18-33)15-24(14-22)19-33;/h2-4,7-8,22-26,36H,5-6,9-20H2,1H3,(H,38,44)(H,42,43)(H4,34,35,37);1H2/t22?,23?,24?,25-,26-,32-,33?;/m0./s1. The summed E-state index contributed by atoms with van der Waals surface area (Å²) < 4.78 is 0. The first kappa shape index (κ1) is 34.4. The van der Waals surface area contributed by atoms with Gasteiger partial charge in [-0.25, -0.2) is 4.79 Å². The Labute approximate surface area is 265 Å². The van der Waals surface area contributed by atoms with Crippen molar-refractivity contribution in [2.75, 3.05) is 13.1 Å². The second-order valence-corrected chi connectivity index (χ2v) is 14.1. The van der Waals surface area contributed by atoms with Crippen molar-refractivity contribution in [3.05, 3.63) is 35.9 Å². The van der Waals surface area contributed by atoms with Crippen LogP contribution in [0.25, 0.3) is 0 Å². The smallest absolute Gasteiger partial charge is 0.326 e. The van der Waals surface area contributed by atoms with E-state index in [0.717, 1.165) is 31.2 Å². The number of carboxylic acid groups (broad SMARTS) is 1. The summed E-state index contributed by atoms with van der Waals surface area (Å²) in [4.78, 5) is 60.6. The lowest BCUT2D eigenvalue weighted by atomic mass is 9.49. The molecule has 4 saturated carbocycles. The lowest BCUT2D eigenvalue weighted by Crippen LogP contribution is -2.66. The highest BCUT2D eigenvalue weighted by molar-refractivity contribution is 6.05. The summed E-state index contributed by atoms with van der Waals surface area (Å²) in [6, 6.07) is 7.45. The lowest BCUT2D eigenvalue weighted by Gasteiger charge is -2.57. The molecule has 5 fully saturated rings.